The number of para-hydroxylation sites is 2. The first-order valence-corrected chi connectivity index (χ1v) is 8.36. The van der Waals surface area contributed by atoms with Crippen LogP contribution in [0.2, 0.25) is 0 Å². The number of carbonyl (C=O) groups excluding carboxylic acids is 1. The van der Waals surface area contributed by atoms with Gasteiger partial charge in [0.15, 0.2) is 0 Å². The molecule has 0 fully saturated rings. The van der Waals surface area contributed by atoms with Crippen molar-refractivity contribution in [2.45, 2.75) is 6.92 Å². The number of aromatic amines is 1. The summed E-state index contributed by atoms with van der Waals surface area (Å²) in [6, 6.07) is 15.7. The highest BCUT2D eigenvalue weighted by Crippen LogP contribution is 2.24. The van der Waals surface area contributed by atoms with E-state index >= 15 is 0 Å². The van der Waals surface area contributed by atoms with E-state index in [1.165, 1.54) is 16.9 Å². The van der Waals surface area contributed by atoms with Crippen molar-refractivity contribution in [2.75, 3.05) is 5.32 Å². The summed E-state index contributed by atoms with van der Waals surface area (Å²) >= 11 is 1.45. The van der Waals surface area contributed by atoms with Crippen molar-refractivity contribution in [3.05, 3.63) is 65.2 Å². The summed E-state index contributed by atoms with van der Waals surface area (Å²) in [7, 11) is 0. The number of anilines is 1. The van der Waals surface area contributed by atoms with Crippen molar-refractivity contribution in [3.63, 3.8) is 0 Å². The molecule has 0 radical (unpaired) electrons. The number of fused-ring (bicyclic) bond motifs is 1. The maximum Gasteiger partial charge on any atom is 0.277 e. The Morgan fingerprint density at radius 1 is 1.08 bits per heavy atom. The molecule has 2 aromatic carbocycles. The van der Waals surface area contributed by atoms with Crippen molar-refractivity contribution in [2.24, 2.45) is 0 Å². The molecule has 5 nitrogen and oxygen atoms in total. The van der Waals surface area contributed by atoms with Gasteiger partial charge in [0.1, 0.15) is 10.7 Å². The van der Waals surface area contributed by atoms with Gasteiger partial charge in [-0.05, 0) is 19.1 Å². The summed E-state index contributed by atoms with van der Waals surface area (Å²) < 4.78 is 0. The van der Waals surface area contributed by atoms with Gasteiger partial charge in [0.25, 0.3) is 5.91 Å². The van der Waals surface area contributed by atoms with E-state index in [1.807, 2.05) is 55.5 Å². The van der Waals surface area contributed by atoms with E-state index in [2.05, 4.69) is 20.3 Å². The Morgan fingerprint density at radius 2 is 1.88 bits per heavy atom. The maximum absolute atomic E-state index is 12.4. The van der Waals surface area contributed by atoms with E-state index in [0.29, 0.717) is 11.6 Å². The number of nitrogens with one attached hydrogen (secondary N) is 2. The molecular weight excluding hydrogens is 320 g/mol. The van der Waals surface area contributed by atoms with Crippen LogP contribution in [0.3, 0.4) is 0 Å². The molecule has 0 saturated heterocycles. The minimum absolute atomic E-state index is 0.274. The average Bonchev–Trinajstić information content (AvgIpc) is 3.21. The Kier molecular flexibility index (Phi) is 3.59. The maximum atomic E-state index is 12.4. The van der Waals surface area contributed by atoms with Crippen molar-refractivity contribution in [1.82, 2.24) is 15.0 Å². The van der Waals surface area contributed by atoms with Crippen LogP contribution in [0.15, 0.2) is 53.9 Å². The quantitative estimate of drug-likeness (QED) is 0.588. The van der Waals surface area contributed by atoms with Crippen molar-refractivity contribution in [1.29, 1.82) is 0 Å². The number of aromatic nitrogens is 3. The monoisotopic (exact) mass is 334 g/mol. The SMILES string of the molecule is Cc1ccc(-c2nc(C(=O)Nc3nc4ccccc4[nH]3)cs2)cc1. The van der Waals surface area contributed by atoms with Crippen LogP contribution in [0.1, 0.15) is 16.1 Å². The second-order valence-corrected chi connectivity index (χ2v) is 6.32. The van der Waals surface area contributed by atoms with Gasteiger partial charge in [0, 0.05) is 10.9 Å². The van der Waals surface area contributed by atoms with Gasteiger partial charge in [0.2, 0.25) is 5.95 Å². The highest BCUT2D eigenvalue weighted by Gasteiger charge is 2.13. The van der Waals surface area contributed by atoms with Crippen LogP contribution in [0.5, 0.6) is 0 Å². The van der Waals surface area contributed by atoms with Crippen molar-refractivity contribution >= 4 is 34.2 Å². The number of amides is 1. The van der Waals surface area contributed by atoms with Crippen LogP contribution in [0, 0.1) is 6.92 Å². The van der Waals surface area contributed by atoms with Gasteiger partial charge >= 0.3 is 0 Å². The van der Waals surface area contributed by atoms with Gasteiger partial charge in [-0.1, -0.05) is 42.0 Å². The molecule has 0 unspecified atom stereocenters. The lowest BCUT2D eigenvalue weighted by Gasteiger charge is -1.98. The first-order chi connectivity index (χ1) is 11.7. The summed E-state index contributed by atoms with van der Waals surface area (Å²) in [6.45, 7) is 2.04. The molecule has 0 atom stereocenters. The first kappa shape index (κ1) is 14.6. The van der Waals surface area contributed by atoms with Crippen molar-refractivity contribution in [3.8, 4) is 10.6 Å². The van der Waals surface area contributed by atoms with Gasteiger partial charge in [-0.3, -0.25) is 10.1 Å². The molecule has 4 aromatic rings. The Balaban J connectivity index is 1.55. The molecule has 0 saturated carbocycles. The fourth-order valence-electron chi connectivity index (χ4n) is 2.39. The highest BCUT2D eigenvalue weighted by atomic mass is 32.1. The zero-order valence-corrected chi connectivity index (χ0v) is 13.7. The molecule has 2 heterocycles. The van der Waals surface area contributed by atoms with Gasteiger partial charge in [-0.25, -0.2) is 9.97 Å². The Labute approximate surface area is 142 Å². The zero-order chi connectivity index (χ0) is 16.5. The minimum atomic E-state index is -0.274. The van der Waals surface area contributed by atoms with Gasteiger partial charge in [-0.2, -0.15) is 0 Å². The standard InChI is InChI=1S/C18H14N4OS/c1-11-6-8-12(9-7-11)17-19-15(10-24-17)16(23)22-18-20-13-4-2-3-5-14(13)21-18/h2-10H,1H3,(H2,20,21,22,23). The lowest BCUT2D eigenvalue weighted by Crippen LogP contribution is -2.13. The molecule has 0 aliphatic rings. The molecule has 6 heteroatoms. The third-order valence-corrected chi connectivity index (χ3v) is 4.55. The molecule has 0 aliphatic carbocycles. The predicted octanol–water partition coefficient (Wildman–Crippen LogP) is 4.25. The van der Waals surface area contributed by atoms with Gasteiger partial charge in [-0.15, -0.1) is 11.3 Å². The molecule has 2 aromatic heterocycles. The molecule has 1 amide bonds. The van der Waals surface area contributed by atoms with E-state index in [0.717, 1.165) is 21.6 Å². The van der Waals surface area contributed by atoms with Crippen LogP contribution < -0.4 is 5.32 Å². The molecule has 0 spiro atoms. The second-order valence-electron chi connectivity index (χ2n) is 5.46. The van der Waals surface area contributed by atoms with Crippen LogP contribution in [0.4, 0.5) is 5.95 Å². The molecule has 0 bridgehead atoms. The highest BCUT2D eigenvalue weighted by molar-refractivity contribution is 7.13. The smallest absolute Gasteiger partial charge is 0.277 e. The molecule has 118 valence electrons. The largest absolute Gasteiger partial charge is 0.324 e. The van der Waals surface area contributed by atoms with Crippen LogP contribution in [-0.4, -0.2) is 20.9 Å². The second kappa shape index (κ2) is 5.90. The third kappa shape index (κ3) is 2.79. The number of benzene rings is 2. The molecular formula is C18H14N4OS. The number of aryl methyl sites for hydroxylation is 1. The number of imidazole rings is 1. The number of rotatable bonds is 3. The number of thiazole rings is 1. The summed E-state index contributed by atoms with van der Waals surface area (Å²) in [5.41, 5.74) is 4.28. The fraction of sp³-hybridized carbons (Fsp3) is 0.0556. The lowest BCUT2D eigenvalue weighted by atomic mass is 10.2. The van der Waals surface area contributed by atoms with Crippen LogP contribution in [-0.2, 0) is 0 Å². The summed E-state index contributed by atoms with van der Waals surface area (Å²) in [6.07, 6.45) is 0. The Bertz CT molecular complexity index is 984. The molecule has 2 N–H and O–H groups in total. The molecule has 0 aliphatic heterocycles. The summed E-state index contributed by atoms with van der Waals surface area (Å²) in [4.78, 5) is 24.2. The summed E-state index contributed by atoms with van der Waals surface area (Å²) in [5, 5.41) is 5.34. The van der Waals surface area contributed by atoms with E-state index in [1.54, 1.807) is 5.38 Å². The number of hydrogen-bond donors (Lipinski definition) is 2. The topological polar surface area (TPSA) is 70.7 Å². The van der Waals surface area contributed by atoms with E-state index < -0.39 is 0 Å². The molecule has 24 heavy (non-hydrogen) atoms. The molecule has 4 rings (SSSR count). The lowest BCUT2D eigenvalue weighted by molar-refractivity contribution is 0.102. The number of H-pyrrole nitrogens is 1. The van der Waals surface area contributed by atoms with Crippen molar-refractivity contribution < 1.29 is 4.79 Å². The first-order valence-electron chi connectivity index (χ1n) is 7.48. The third-order valence-electron chi connectivity index (χ3n) is 3.66. The number of nitrogens with zero attached hydrogens (tertiary/aromatic N) is 2. The van der Waals surface area contributed by atoms with E-state index in [9.17, 15) is 4.79 Å². The summed E-state index contributed by atoms with van der Waals surface area (Å²) in [5.74, 6) is 0.148. The zero-order valence-electron chi connectivity index (χ0n) is 12.9. The van der Waals surface area contributed by atoms with E-state index in [-0.39, 0.29) is 5.91 Å². The average molecular weight is 334 g/mol. The van der Waals surface area contributed by atoms with Crippen LogP contribution >= 0.6 is 11.3 Å². The van der Waals surface area contributed by atoms with Crippen LogP contribution in [0.25, 0.3) is 21.6 Å². The number of hydrogen-bond acceptors (Lipinski definition) is 4. The Hall–Kier alpha value is -2.99. The van der Waals surface area contributed by atoms with Gasteiger partial charge in [0.05, 0.1) is 11.0 Å². The number of carbonyl (C=O) groups is 1. The van der Waals surface area contributed by atoms with Gasteiger partial charge < -0.3 is 4.98 Å². The fourth-order valence-corrected chi connectivity index (χ4v) is 3.20. The Morgan fingerprint density at radius 3 is 2.67 bits per heavy atom. The van der Waals surface area contributed by atoms with E-state index in [4.69, 9.17) is 0 Å². The minimum Gasteiger partial charge on any atom is -0.324 e. The predicted molar refractivity (Wildman–Crippen MR) is 96.3 cm³/mol. The normalized spacial score (nSPS) is 10.9.